The SMILES string of the molecule is NC(Cc1ccc(Cl)cc1Cl)=NOC(=O)c1ccccc1Br. The molecular formula is C15H11BrCl2N2O2. The van der Waals surface area contributed by atoms with E-state index in [1.807, 2.05) is 0 Å². The van der Waals surface area contributed by atoms with Crippen LogP contribution in [0.2, 0.25) is 10.0 Å². The lowest BCUT2D eigenvalue weighted by Crippen LogP contribution is -2.17. The van der Waals surface area contributed by atoms with Gasteiger partial charge in [-0.05, 0) is 45.8 Å². The van der Waals surface area contributed by atoms with Crippen molar-refractivity contribution in [3.8, 4) is 0 Å². The van der Waals surface area contributed by atoms with Gasteiger partial charge in [-0.2, -0.15) is 0 Å². The molecule has 0 saturated carbocycles. The van der Waals surface area contributed by atoms with Crippen LogP contribution >= 0.6 is 39.1 Å². The lowest BCUT2D eigenvalue weighted by atomic mass is 10.1. The molecule has 0 radical (unpaired) electrons. The molecule has 0 heterocycles. The van der Waals surface area contributed by atoms with Gasteiger partial charge in [0.05, 0.1) is 5.56 Å². The molecule has 0 fully saturated rings. The minimum Gasteiger partial charge on any atom is -0.384 e. The molecule has 0 aliphatic carbocycles. The van der Waals surface area contributed by atoms with Gasteiger partial charge in [-0.15, -0.1) is 0 Å². The largest absolute Gasteiger partial charge is 0.384 e. The Kier molecular flexibility index (Phi) is 5.83. The summed E-state index contributed by atoms with van der Waals surface area (Å²) in [6, 6.07) is 11.9. The number of benzene rings is 2. The molecule has 22 heavy (non-hydrogen) atoms. The van der Waals surface area contributed by atoms with E-state index in [1.54, 1.807) is 42.5 Å². The highest BCUT2D eigenvalue weighted by molar-refractivity contribution is 9.10. The summed E-state index contributed by atoms with van der Waals surface area (Å²) >= 11 is 15.1. The number of rotatable bonds is 4. The van der Waals surface area contributed by atoms with Crippen molar-refractivity contribution in [2.45, 2.75) is 6.42 Å². The Hall–Kier alpha value is -1.56. The number of hydrogen-bond donors (Lipinski definition) is 1. The lowest BCUT2D eigenvalue weighted by Gasteiger charge is -2.05. The van der Waals surface area contributed by atoms with E-state index in [1.165, 1.54) is 0 Å². The molecule has 4 nitrogen and oxygen atoms in total. The van der Waals surface area contributed by atoms with Crippen molar-refractivity contribution in [2.24, 2.45) is 10.9 Å². The van der Waals surface area contributed by atoms with E-state index in [9.17, 15) is 4.79 Å². The van der Waals surface area contributed by atoms with Gasteiger partial charge < -0.3 is 10.6 Å². The third-order valence-electron chi connectivity index (χ3n) is 2.73. The van der Waals surface area contributed by atoms with Crippen LogP contribution < -0.4 is 5.73 Å². The van der Waals surface area contributed by atoms with Crippen LogP contribution in [0.15, 0.2) is 52.1 Å². The Morgan fingerprint density at radius 2 is 1.95 bits per heavy atom. The van der Waals surface area contributed by atoms with Gasteiger partial charge in [0.2, 0.25) is 0 Å². The molecule has 0 bridgehead atoms. The first-order valence-electron chi connectivity index (χ1n) is 6.19. The van der Waals surface area contributed by atoms with Gasteiger partial charge in [0, 0.05) is 20.9 Å². The number of halogens is 3. The number of carbonyl (C=O) groups excluding carboxylic acids is 1. The summed E-state index contributed by atoms with van der Waals surface area (Å²) < 4.78 is 0.620. The Morgan fingerprint density at radius 3 is 2.64 bits per heavy atom. The smallest absolute Gasteiger partial charge is 0.366 e. The highest BCUT2D eigenvalue weighted by Crippen LogP contribution is 2.21. The van der Waals surface area contributed by atoms with Crippen LogP contribution in [0.3, 0.4) is 0 Å². The van der Waals surface area contributed by atoms with Gasteiger partial charge in [0.15, 0.2) is 0 Å². The molecule has 0 aromatic heterocycles. The molecule has 0 spiro atoms. The fraction of sp³-hybridized carbons (Fsp3) is 0.0667. The standard InChI is InChI=1S/C15H11BrCl2N2O2/c16-12-4-2-1-3-11(12)15(21)22-20-14(19)7-9-5-6-10(17)8-13(9)18/h1-6,8H,7H2,(H2,19,20). The van der Waals surface area contributed by atoms with Gasteiger partial charge >= 0.3 is 5.97 Å². The van der Waals surface area contributed by atoms with Crippen molar-refractivity contribution in [2.75, 3.05) is 0 Å². The predicted octanol–water partition coefficient (Wildman–Crippen LogP) is 4.43. The maximum atomic E-state index is 11.9. The maximum Gasteiger partial charge on any atom is 0.366 e. The van der Waals surface area contributed by atoms with E-state index in [-0.39, 0.29) is 12.3 Å². The Bertz CT molecular complexity index is 735. The number of carbonyl (C=O) groups is 1. The maximum absolute atomic E-state index is 11.9. The first kappa shape index (κ1) is 16.8. The van der Waals surface area contributed by atoms with E-state index >= 15 is 0 Å². The van der Waals surface area contributed by atoms with E-state index in [0.717, 1.165) is 5.56 Å². The fourth-order valence-corrected chi connectivity index (χ4v) is 2.59. The van der Waals surface area contributed by atoms with Crippen molar-refractivity contribution in [1.29, 1.82) is 0 Å². The van der Waals surface area contributed by atoms with Gasteiger partial charge in [-0.25, -0.2) is 4.79 Å². The highest BCUT2D eigenvalue weighted by Gasteiger charge is 2.11. The van der Waals surface area contributed by atoms with Gasteiger partial charge in [0.25, 0.3) is 0 Å². The van der Waals surface area contributed by atoms with Crippen LogP contribution in [0.5, 0.6) is 0 Å². The summed E-state index contributed by atoms with van der Waals surface area (Å²) in [5.41, 5.74) is 6.85. The van der Waals surface area contributed by atoms with Crippen molar-refractivity contribution >= 4 is 50.9 Å². The second kappa shape index (κ2) is 7.63. The monoisotopic (exact) mass is 400 g/mol. The Labute approximate surface area is 146 Å². The lowest BCUT2D eigenvalue weighted by molar-refractivity contribution is 0.0514. The van der Waals surface area contributed by atoms with E-state index in [4.69, 9.17) is 33.8 Å². The van der Waals surface area contributed by atoms with Crippen LogP contribution in [0.4, 0.5) is 0 Å². The molecule has 0 aliphatic rings. The third kappa shape index (κ3) is 4.47. The summed E-state index contributed by atoms with van der Waals surface area (Å²) in [6.07, 6.45) is 0.249. The van der Waals surface area contributed by atoms with Gasteiger partial charge in [-0.3, -0.25) is 0 Å². The third-order valence-corrected chi connectivity index (χ3v) is 4.00. The van der Waals surface area contributed by atoms with E-state index < -0.39 is 5.97 Å². The molecule has 2 aromatic rings. The molecule has 7 heteroatoms. The molecule has 2 aromatic carbocycles. The summed E-state index contributed by atoms with van der Waals surface area (Å²) in [5.74, 6) is -0.470. The van der Waals surface area contributed by atoms with Crippen molar-refractivity contribution in [3.05, 3.63) is 68.1 Å². The van der Waals surface area contributed by atoms with E-state index in [2.05, 4.69) is 21.1 Å². The van der Waals surface area contributed by atoms with Crippen molar-refractivity contribution in [1.82, 2.24) is 0 Å². The van der Waals surface area contributed by atoms with Crippen molar-refractivity contribution in [3.63, 3.8) is 0 Å². The molecular weight excluding hydrogens is 391 g/mol. The zero-order valence-corrected chi connectivity index (χ0v) is 14.3. The number of nitrogens with zero attached hydrogens (tertiary/aromatic N) is 1. The fourth-order valence-electron chi connectivity index (χ4n) is 1.67. The molecule has 0 amide bonds. The van der Waals surface area contributed by atoms with Gasteiger partial charge in [-0.1, -0.05) is 46.6 Å². The summed E-state index contributed by atoms with van der Waals surface area (Å²) in [4.78, 5) is 16.7. The molecule has 2 N–H and O–H groups in total. The summed E-state index contributed by atoms with van der Waals surface area (Å²) in [7, 11) is 0. The van der Waals surface area contributed by atoms with Crippen LogP contribution in [-0.2, 0) is 11.3 Å². The normalized spacial score (nSPS) is 11.3. The van der Waals surface area contributed by atoms with Crippen LogP contribution in [0, 0.1) is 0 Å². The highest BCUT2D eigenvalue weighted by atomic mass is 79.9. The summed E-state index contributed by atoms with van der Waals surface area (Å²) in [5, 5.41) is 4.64. The van der Waals surface area contributed by atoms with Crippen molar-refractivity contribution < 1.29 is 9.63 Å². The number of amidine groups is 1. The molecule has 0 atom stereocenters. The molecule has 114 valence electrons. The number of hydrogen-bond acceptors (Lipinski definition) is 3. The quantitative estimate of drug-likeness (QED) is 0.356. The van der Waals surface area contributed by atoms with E-state index in [0.29, 0.717) is 20.1 Å². The molecule has 0 saturated heterocycles. The average molecular weight is 402 g/mol. The van der Waals surface area contributed by atoms with Crippen LogP contribution in [0.25, 0.3) is 0 Å². The Morgan fingerprint density at radius 1 is 1.23 bits per heavy atom. The van der Waals surface area contributed by atoms with Crippen LogP contribution in [0.1, 0.15) is 15.9 Å². The summed E-state index contributed by atoms with van der Waals surface area (Å²) in [6.45, 7) is 0. The molecule has 2 rings (SSSR count). The zero-order valence-electron chi connectivity index (χ0n) is 11.2. The van der Waals surface area contributed by atoms with Crippen LogP contribution in [-0.4, -0.2) is 11.8 Å². The number of oxime groups is 1. The second-order valence-corrected chi connectivity index (χ2v) is 6.05. The predicted molar refractivity (Wildman–Crippen MR) is 91.3 cm³/mol. The molecule has 0 aliphatic heterocycles. The minimum absolute atomic E-state index is 0.129. The first-order chi connectivity index (χ1) is 10.5. The van der Waals surface area contributed by atoms with Gasteiger partial charge in [0.1, 0.15) is 5.84 Å². The second-order valence-electron chi connectivity index (χ2n) is 4.35. The molecule has 0 unspecified atom stereocenters. The topological polar surface area (TPSA) is 64.7 Å². The minimum atomic E-state index is -0.599. The Balaban J connectivity index is 2.04. The number of nitrogens with two attached hydrogens (primary N) is 1. The average Bonchev–Trinajstić information content (AvgIpc) is 2.48. The zero-order chi connectivity index (χ0) is 16.1. The first-order valence-corrected chi connectivity index (χ1v) is 7.74.